The molecule has 0 atom stereocenters. The lowest BCUT2D eigenvalue weighted by atomic mass is 9.78. The molecule has 0 saturated carbocycles. The van der Waals surface area contributed by atoms with Crippen LogP contribution in [0.25, 0.3) is 11.1 Å². The van der Waals surface area contributed by atoms with E-state index < -0.39 is 28.7 Å². The van der Waals surface area contributed by atoms with Crippen molar-refractivity contribution in [1.82, 2.24) is 0 Å². The summed E-state index contributed by atoms with van der Waals surface area (Å²) in [4.78, 5) is 0. The smallest absolute Gasteiger partial charge is 0.133 e. The lowest BCUT2D eigenvalue weighted by Crippen LogP contribution is -2.14. The Bertz CT molecular complexity index is 1120. The molecule has 2 aromatic rings. The molecule has 2 rings (SSSR count). The fraction of sp³-hybridized carbons (Fsp3) is 0.226. The second kappa shape index (κ2) is 11.4. The third-order valence-corrected chi connectivity index (χ3v) is 6.19. The van der Waals surface area contributed by atoms with Crippen LogP contribution in [0, 0.1) is 42.5 Å². The molecule has 0 saturated heterocycles. The lowest BCUT2D eigenvalue weighted by Gasteiger charge is -2.26. The molecule has 0 bridgehead atoms. The number of hydrogen-bond donors (Lipinski definition) is 0. The number of aryl methyl sites for hydroxylation is 2. The zero-order chi connectivity index (χ0) is 26.5. The van der Waals surface area contributed by atoms with Gasteiger partial charge in [-0.1, -0.05) is 63.5 Å². The summed E-state index contributed by atoms with van der Waals surface area (Å²) >= 11 is 0. The summed E-state index contributed by atoms with van der Waals surface area (Å²) in [7, 11) is 0. The first kappa shape index (κ1) is 27.8. The van der Waals surface area contributed by atoms with Gasteiger partial charge in [0.1, 0.15) is 23.3 Å². The van der Waals surface area contributed by atoms with Crippen molar-refractivity contribution in [2.75, 3.05) is 0 Å². The van der Waals surface area contributed by atoms with Gasteiger partial charge in [0.25, 0.3) is 0 Å². The second-order valence-electron chi connectivity index (χ2n) is 9.25. The van der Waals surface area contributed by atoms with E-state index >= 15 is 0 Å². The van der Waals surface area contributed by atoms with Crippen molar-refractivity contribution in [3.8, 4) is 0 Å². The summed E-state index contributed by atoms with van der Waals surface area (Å²) in [5.41, 5.74) is 4.25. The monoisotopic (exact) mass is 480 g/mol. The Kier molecular flexibility index (Phi) is 9.03. The Labute approximate surface area is 206 Å². The maximum absolute atomic E-state index is 14.2. The van der Waals surface area contributed by atoms with Crippen molar-refractivity contribution in [2.24, 2.45) is 5.41 Å². The standard InChI is InChI=1S/C31H32F4/c1-19(29-21(3)15-25(32)17-27(29)34)11-9-13-23(5)31(7,8)24(6)14-10-12-20(2)30-22(4)16-26(33)18-28(30)35/h9-18H,5-6H2,1-4,7-8H3/b13-9-,14-10-,19-11+,20-12+. The first-order valence-corrected chi connectivity index (χ1v) is 11.3. The van der Waals surface area contributed by atoms with Crippen LogP contribution in [-0.2, 0) is 0 Å². The van der Waals surface area contributed by atoms with Gasteiger partial charge < -0.3 is 0 Å². The maximum atomic E-state index is 14.2. The van der Waals surface area contributed by atoms with Crippen molar-refractivity contribution in [3.05, 3.63) is 131 Å². The Morgan fingerprint density at radius 3 is 1.34 bits per heavy atom. The molecule has 184 valence electrons. The van der Waals surface area contributed by atoms with Crippen molar-refractivity contribution in [1.29, 1.82) is 0 Å². The van der Waals surface area contributed by atoms with Crippen LogP contribution in [-0.4, -0.2) is 0 Å². The minimum absolute atomic E-state index is 0.378. The summed E-state index contributed by atoms with van der Waals surface area (Å²) in [5.74, 6) is -2.39. The minimum Gasteiger partial charge on any atom is -0.207 e. The van der Waals surface area contributed by atoms with E-state index in [1.165, 1.54) is 12.1 Å². The van der Waals surface area contributed by atoms with Crippen LogP contribution in [0.5, 0.6) is 0 Å². The average Bonchev–Trinajstić information content (AvgIpc) is 2.71. The van der Waals surface area contributed by atoms with Crippen LogP contribution in [0.1, 0.15) is 49.9 Å². The summed E-state index contributed by atoms with van der Waals surface area (Å²) in [6.07, 6.45) is 10.7. The van der Waals surface area contributed by atoms with E-state index in [4.69, 9.17) is 0 Å². The molecule has 2 aromatic carbocycles. The highest BCUT2D eigenvalue weighted by molar-refractivity contribution is 5.69. The van der Waals surface area contributed by atoms with Crippen LogP contribution in [0.4, 0.5) is 17.6 Å². The van der Waals surface area contributed by atoms with Gasteiger partial charge in [0.15, 0.2) is 0 Å². The highest BCUT2D eigenvalue weighted by Crippen LogP contribution is 2.34. The minimum atomic E-state index is -0.600. The molecular formula is C31H32F4. The molecule has 0 aliphatic heterocycles. The van der Waals surface area contributed by atoms with Gasteiger partial charge in [-0.25, -0.2) is 17.6 Å². The van der Waals surface area contributed by atoms with Gasteiger partial charge in [-0.3, -0.25) is 0 Å². The largest absolute Gasteiger partial charge is 0.207 e. The van der Waals surface area contributed by atoms with Gasteiger partial charge >= 0.3 is 0 Å². The molecule has 0 nitrogen and oxygen atoms in total. The van der Waals surface area contributed by atoms with E-state index in [1.807, 2.05) is 26.0 Å². The molecule has 0 aliphatic carbocycles. The maximum Gasteiger partial charge on any atom is 0.133 e. The Morgan fingerprint density at radius 1 is 0.686 bits per heavy atom. The van der Waals surface area contributed by atoms with Gasteiger partial charge in [0.2, 0.25) is 0 Å². The van der Waals surface area contributed by atoms with Gasteiger partial charge in [-0.05, 0) is 73.2 Å². The molecule has 0 spiro atoms. The summed E-state index contributed by atoms with van der Waals surface area (Å²) in [6, 6.07) is 4.37. The first-order chi connectivity index (χ1) is 16.2. The quantitative estimate of drug-likeness (QED) is 0.261. The Hall–Kier alpha value is -3.40. The van der Waals surface area contributed by atoms with Crippen LogP contribution in [0.2, 0.25) is 0 Å². The van der Waals surface area contributed by atoms with Gasteiger partial charge in [-0.15, -0.1) is 0 Å². The summed E-state index contributed by atoms with van der Waals surface area (Å²) in [5, 5.41) is 0. The Morgan fingerprint density at radius 2 is 1.03 bits per heavy atom. The van der Waals surface area contributed by atoms with E-state index in [9.17, 15) is 17.6 Å². The van der Waals surface area contributed by atoms with Crippen molar-refractivity contribution in [3.63, 3.8) is 0 Å². The second-order valence-corrected chi connectivity index (χ2v) is 9.25. The predicted molar refractivity (Wildman–Crippen MR) is 140 cm³/mol. The van der Waals surface area contributed by atoms with E-state index in [0.717, 1.165) is 23.3 Å². The third-order valence-electron chi connectivity index (χ3n) is 6.19. The molecule has 35 heavy (non-hydrogen) atoms. The van der Waals surface area contributed by atoms with Gasteiger partial charge in [-0.2, -0.15) is 0 Å². The number of halogens is 4. The van der Waals surface area contributed by atoms with E-state index in [0.29, 0.717) is 33.4 Å². The fourth-order valence-electron chi connectivity index (χ4n) is 3.81. The number of hydrogen-bond acceptors (Lipinski definition) is 0. The van der Waals surface area contributed by atoms with Crippen LogP contribution in [0.3, 0.4) is 0 Å². The number of allylic oxidation sites excluding steroid dienone is 10. The van der Waals surface area contributed by atoms with Crippen molar-refractivity contribution >= 4 is 11.1 Å². The molecule has 0 aliphatic rings. The molecule has 0 unspecified atom stereocenters. The molecule has 0 N–H and O–H groups in total. The third kappa shape index (κ3) is 6.82. The van der Waals surface area contributed by atoms with Gasteiger partial charge in [0, 0.05) is 28.7 Å². The van der Waals surface area contributed by atoms with Crippen LogP contribution in [0.15, 0.2) is 85.0 Å². The molecule has 0 amide bonds. The van der Waals surface area contributed by atoms with E-state index in [2.05, 4.69) is 13.2 Å². The highest BCUT2D eigenvalue weighted by atomic mass is 19.1. The summed E-state index contributed by atoms with van der Waals surface area (Å²) < 4.78 is 55.2. The molecular weight excluding hydrogens is 448 g/mol. The van der Waals surface area contributed by atoms with Crippen LogP contribution >= 0.6 is 0 Å². The van der Waals surface area contributed by atoms with E-state index in [1.54, 1.807) is 52.0 Å². The van der Waals surface area contributed by atoms with Crippen LogP contribution < -0.4 is 0 Å². The SMILES string of the molecule is C=C(/C=C\C=C(/C)c1c(C)cc(F)cc1F)C(C)(C)C(=C)/C=C\C=C(/C)c1c(C)cc(F)cc1F. The zero-order valence-electron chi connectivity index (χ0n) is 21.2. The van der Waals surface area contributed by atoms with Crippen molar-refractivity contribution in [2.45, 2.75) is 41.5 Å². The number of benzene rings is 2. The number of rotatable bonds is 8. The predicted octanol–water partition coefficient (Wildman–Crippen LogP) is 9.62. The Balaban J connectivity index is 2.15. The fourth-order valence-corrected chi connectivity index (χ4v) is 3.81. The van der Waals surface area contributed by atoms with Crippen molar-refractivity contribution < 1.29 is 17.6 Å². The normalized spacial score (nSPS) is 13.2. The summed E-state index contributed by atoms with van der Waals surface area (Å²) in [6.45, 7) is 19.1. The topological polar surface area (TPSA) is 0 Å². The first-order valence-electron chi connectivity index (χ1n) is 11.3. The molecule has 4 heteroatoms. The lowest BCUT2D eigenvalue weighted by molar-refractivity contribution is 0.570. The molecule has 0 heterocycles. The zero-order valence-corrected chi connectivity index (χ0v) is 21.2. The molecule has 0 fully saturated rings. The average molecular weight is 481 g/mol. The highest BCUT2D eigenvalue weighted by Gasteiger charge is 2.22. The van der Waals surface area contributed by atoms with Gasteiger partial charge in [0.05, 0.1) is 0 Å². The molecule has 0 radical (unpaired) electrons. The molecule has 0 aromatic heterocycles. The van der Waals surface area contributed by atoms with E-state index in [-0.39, 0.29) is 0 Å².